The average molecular weight is 396 g/mol. The number of nitrogens with zero attached hydrogens (tertiary/aromatic N) is 2. The lowest BCUT2D eigenvalue weighted by Crippen LogP contribution is -2.40. The van der Waals surface area contributed by atoms with E-state index in [2.05, 4.69) is 18.8 Å². The van der Waals surface area contributed by atoms with Crippen molar-refractivity contribution >= 4 is 17.5 Å². The van der Waals surface area contributed by atoms with Crippen LogP contribution in [0, 0.1) is 11.3 Å². The van der Waals surface area contributed by atoms with Crippen LogP contribution in [0.1, 0.15) is 57.9 Å². The van der Waals surface area contributed by atoms with E-state index in [4.69, 9.17) is 14.5 Å². The maximum absolute atomic E-state index is 13.2. The summed E-state index contributed by atoms with van der Waals surface area (Å²) in [5.74, 6) is -1.26. The van der Waals surface area contributed by atoms with Crippen molar-refractivity contribution in [3.8, 4) is 0 Å². The number of rotatable bonds is 4. The molecule has 1 saturated heterocycles. The quantitative estimate of drug-likeness (QED) is 0.727. The summed E-state index contributed by atoms with van der Waals surface area (Å²) in [4.78, 5) is 35.1. The van der Waals surface area contributed by atoms with Gasteiger partial charge in [-0.15, -0.1) is 0 Å². The number of pyridine rings is 1. The molecule has 154 valence electrons. The third-order valence-corrected chi connectivity index (χ3v) is 6.06. The van der Waals surface area contributed by atoms with E-state index in [0.717, 1.165) is 30.5 Å². The van der Waals surface area contributed by atoms with Crippen molar-refractivity contribution in [2.75, 3.05) is 13.2 Å². The molecule has 1 aromatic heterocycles. The van der Waals surface area contributed by atoms with E-state index in [1.807, 2.05) is 19.1 Å². The molecule has 0 aromatic carbocycles. The minimum absolute atomic E-state index is 0.0361. The number of aliphatic imine (C=N–C) groups is 1. The van der Waals surface area contributed by atoms with Crippen LogP contribution in [0.25, 0.3) is 0 Å². The molecule has 3 heterocycles. The summed E-state index contributed by atoms with van der Waals surface area (Å²) < 4.78 is 11.2. The average Bonchev–Trinajstić information content (AvgIpc) is 3.18. The van der Waals surface area contributed by atoms with E-state index in [1.165, 1.54) is 0 Å². The summed E-state index contributed by atoms with van der Waals surface area (Å²) in [6.45, 7) is 7.00. The van der Waals surface area contributed by atoms with E-state index in [-0.39, 0.29) is 35.8 Å². The number of ether oxygens (including phenoxy) is 2. The molecule has 3 atom stereocenters. The first kappa shape index (κ1) is 20.0. The number of carbonyl (C=O) groups is 2. The van der Waals surface area contributed by atoms with E-state index >= 15 is 0 Å². The molecule has 2 aliphatic heterocycles. The number of hydrogen-bond acceptors (Lipinski definition) is 6. The second-order valence-corrected chi connectivity index (χ2v) is 9.06. The van der Waals surface area contributed by atoms with Gasteiger partial charge in [0, 0.05) is 48.3 Å². The Morgan fingerprint density at radius 1 is 1.28 bits per heavy atom. The Hall–Kier alpha value is -2.34. The van der Waals surface area contributed by atoms with E-state index in [9.17, 15) is 9.59 Å². The molecule has 1 aromatic rings. The number of Topliss-reactive ketones (excluding diaryl/α,β-unsaturated/α-hetero) is 1. The highest BCUT2D eigenvalue weighted by Gasteiger charge is 2.46. The highest BCUT2D eigenvalue weighted by Crippen LogP contribution is 2.47. The van der Waals surface area contributed by atoms with Crippen LogP contribution >= 0.6 is 0 Å². The van der Waals surface area contributed by atoms with Gasteiger partial charge in [0.15, 0.2) is 5.78 Å². The molecule has 1 aliphatic carbocycles. The van der Waals surface area contributed by atoms with Crippen LogP contribution in [-0.4, -0.2) is 41.8 Å². The molecule has 3 aliphatic rings. The first-order valence-electron chi connectivity index (χ1n) is 10.4. The molecule has 1 fully saturated rings. The predicted octanol–water partition coefficient (Wildman–Crippen LogP) is 3.62. The van der Waals surface area contributed by atoms with Crippen molar-refractivity contribution in [3.63, 3.8) is 0 Å². The zero-order valence-corrected chi connectivity index (χ0v) is 17.3. The highest BCUT2D eigenvalue weighted by atomic mass is 16.6. The van der Waals surface area contributed by atoms with Gasteiger partial charge in [-0.05, 0) is 49.3 Å². The van der Waals surface area contributed by atoms with Crippen molar-refractivity contribution in [2.45, 2.75) is 58.5 Å². The van der Waals surface area contributed by atoms with Gasteiger partial charge in [0.05, 0.1) is 6.10 Å². The van der Waals surface area contributed by atoms with Crippen LogP contribution < -0.4 is 0 Å². The van der Waals surface area contributed by atoms with Gasteiger partial charge in [0.2, 0.25) is 0 Å². The number of aromatic nitrogens is 1. The van der Waals surface area contributed by atoms with Crippen molar-refractivity contribution in [3.05, 3.63) is 41.4 Å². The fourth-order valence-electron chi connectivity index (χ4n) is 4.72. The maximum atomic E-state index is 13.2. The summed E-state index contributed by atoms with van der Waals surface area (Å²) >= 11 is 0. The zero-order chi connectivity index (χ0) is 20.6. The SMILES string of the molecule is CC1=NC2=C(C(=O)CC(C)(C)C2)[C@@H](c2ccncc2)C1C(=O)OC[C@@H]1CCCO1. The molecule has 0 bridgehead atoms. The van der Waals surface area contributed by atoms with Crippen LogP contribution in [0.4, 0.5) is 0 Å². The fourth-order valence-corrected chi connectivity index (χ4v) is 4.72. The first-order chi connectivity index (χ1) is 13.9. The summed E-state index contributed by atoms with van der Waals surface area (Å²) in [5, 5.41) is 0. The Kier molecular flexibility index (Phi) is 5.38. The second-order valence-electron chi connectivity index (χ2n) is 9.06. The third-order valence-electron chi connectivity index (χ3n) is 6.06. The Labute approximate surface area is 171 Å². The summed E-state index contributed by atoms with van der Waals surface area (Å²) in [6.07, 6.45) is 6.44. The first-order valence-corrected chi connectivity index (χ1v) is 10.4. The van der Waals surface area contributed by atoms with Crippen molar-refractivity contribution < 1.29 is 19.1 Å². The Morgan fingerprint density at radius 3 is 2.72 bits per heavy atom. The highest BCUT2D eigenvalue weighted by molar-refractivity contribution is 6.09. The largest absolute Gasteiger partial charge is 0.462 e. The summed E-state index contributed by atoms with van der Waals surface area (Å²) in [6, 6.07) is 3.75. The van der Waals surface area contributed by atoms with Gasteiger partial charge >= 0.3 is 5.97 Å². The number of esters is 1. The topological polar surface area (TPSA) is 77.9 Å². The zero-order valence-electron chi connectivity index (χ0n) is 17.3. The molecule has 0 saturated carbocycles. The van der Waals surface area contributed by atoms with E-state index in [1.54, 1.807) is 12.4 Å². The molecule has 0 amide bonds. The smallest absolute Gasteiger partial charge is 0.315 e. The summed E-state index contributed by atoms with van der Waals surface area (Å²) in [7, 11) is 0. The minimum atomic E-state index is -0.609. The van der Waals surface area contributed by atoms with Crippen LogP contribution in [0.3, 0.4) is 0 Å². The summed E-state index contributed by atoms with van der Waals surface area (Å²) in [5.41, 5.74) is 2.95. The standard InChI is InChI=1S/C23H28N2O4/c1-14-19(22(27)29-13-16-5-4-10-28-16)20(15-6-8-24-9-7-15)21-17(25-14)11-23(2,3)12-18(21)26/h6-9,16,19-20H,4-5,10-13H2,1-3H3/t16-,19?,20-/m0/s1. The number of ketones is 1. The molecular formula is C23H28N2O4. The van der Waals surface area contributed by atoms with Crippen LogP contribution in [-0.2, 0) is 19.1 Å². The molecule has 0 radical (unpaired) electrons. The Bertz CT molecular complexity index is 866. The molecule has 29 heavy (non-hydrogen) atoms. The van der Waals surface area contributed by atoms with Gasteiger partial charge in [-0.3, -0.25) is 19.6 Å². The molecule has 6 nitrogen and oxygen atoms in total. The van der Waals surface area contributed by atoms with Gasteiger partial charge in [-0.2, -0.15) is 0 Å². The number of carbonyl (C=O) groups excluding carboxylic acids is 2. The lowest BCUT2D eigenvalue weighted by molar-refractivity contribution is -0.149. The second kappa shape index (κ2) is 7.82. The predicted molar refractivity (Wildman–Crippen MR) is 109 cm³/mol. The molecule has 4 rings (SSSR count). The van der Waals surface area contributed by atoms with Crippen LogP contribution in [0.2, 0.25) is 0 Å². The number of hydrogen-bond donors (Lipinski definition) is 0. The van der Waals surface area contributed by atoms with Gasteiger partial charge in [-0.1, -0.05) is 13.8 Å². The lowest BCUT2D eigenvalue weighted by Gasteiger charge is -2.39. The van der Waals surface area contributed by atoms with E-state index < -0.39 is 5.92 Å². The normalized spacial score (nSPS) is 28.7. The number of allylic oxidation sites excluding steroid dienone is 2. The third kappa shape index (κ3) is 4.04. The van der Waals surface area contributed by atoms with Crippen molar-refractivity contribution in [2.24, 2.45) is 16.3 Å². The Morgan fingerprint density at radius 2 is 2.03 bits per heavy atom. The van der Waals surface area contributed by atoms with Crippen molar-refractivity contribution in [1.29, 1.82) is 0 Å². The van der Waals surface area contributed by atoms with Crippen LogP contribution in [0.15, 0.2) is 40.8 Å². The van der Waals surface area contributed by atoms with Crippen LogP contribution in [0.5, 0.6) is 0 Å². The van der Waals surface area contributed by atoms with Crippen molar-refractivity contribution in [1.82, 2.24) is 4.98 Å². The molecule has 0 spiro atoms. The van der Waals surface area contributed by atoms with Gasteiger partial charge in [-0.25, -0.2) is 0 Å². The lowest BCUT2D eigenvalue weighted by atomic mass is 9.67. The van der Waals surface area contributed by atoms with Gasteiger partial charge in [0.25, 0.3) is 0 Å². The van der Waals surface area contributed by atoms with Gasteiger partial charge < -0.3 is 9.47 Å². The fraction of sp³-hybridized carbons (Fsp3) is 0.565. The monoisotopic (exact) mass is 396 g/mol. The molecular weight excluding hydrogens is 368 g/mol. The van der Waals surface area contributed by atoms with Gasteiger partial charge in [0.1, 0.15) is 12.5 Å². The molecule has 0 N–H and O–H groups in total. The minimum Gasteiger partial charge on any atom is -0.462 e. The molecule has 1 unspecified atom stereocenters. The maximum Gasteiger partial charge on any atom is 0.315 e. The molecule has 6 heteroatoms. The van der Waals surface area contributed by atoms with E-state index in [0.29, 0.717) is 24.3 Å². The Balaban J connectivity index is 1.69.